The number of piperidine rings is 1. The van der Waals surface area contributed by atoms with E-state index in [-0.39, 0.29) is 24.8 Å². The van der Waals surface area contributed by atoms with E-state index in [2.05, 4.69) is 61.3 Å². The number of benzene rings is 2. The number of amides is 1. The maximum absolute atomic E-state index is 13.1. The van der Waals surface area contributed by atoms with Gasteiger partial charge in [-0.2, -0.15) is 0 Å². The van der Waals surface area contributed by atoms with E-state index in [1.165, 1.54) is 5.56 Å². The van der Waals surface area contributed by atoms with E-state index in [1.807, 2.05) is 29.2 Å². The molecular weight excluding hydrogens is 550 g/mol. The van der Waals surface area contributed by atoms with Crippen LogP contribution in [0, 0.1) is 11.8 Å². The highest BCUT2D eigenvalue weighted by Crippen LogP contribution is 2.41. The van der Waals surface area contributed by atoms with Gasteiger partial charge in [0.05, 0.1) is 0 Å². The molecule has 4 rings (SSSR count). The Kier molecular flexibility index (Phi) is 12.1. The lowest BCUT2D eigenvalue weighted by Gasteiger charge is -2.39. The molecule has 42 heavy (non-hydrogen) atoms. The standard InChI is InChI=1S/C34H48ClN3O4/c1-4-16-38(34(41)42-23-25-10-12-28(35)13-11-25)30-14-17-37(18-15-30)22-27-20-29(36-32(33(39)40)19-24(2)3)21-31(27)26-8-6-5-7-9-26/h5-13,24,27,29-32,36H,4,14-23H2,1-3H3,(H,39,40)/t27-,29?,31-,32?/m1/s1. The first kappa shape index (κ1) is 32.3. The lowest BCUT2D eigenvalue weighted by atomic mass is 9.88. The summed E-state index contributed by atoms with van der Waals surface area (Å²) in [6, 6.07) is 17.9. The number of nitrogens with zero attached hydrogens (tertiary/aromatic N) is 2. The lowest BCUT2D eigenvalue weighted by Crippen LogP contribution is -2.48. The first-order valence-electron chi connectivity index (χ1n) is 15.7. The Hall–Kier alpha value is -2.61. The molecule has 1 heterocycles. The van der Waals surface area contributed by atoms with E-state index in [0.29, 0.717) is 35.7 Å². The summed E-state index contributed by atoms with van der Waals surface area (Å²) < 4.78 is 5.70. The third-order valence-corrected chi connectivity index (χ3v) is 9.08. The zero-order valence-electron chi connectivity index (χ0n) is 25.4. The van der Waals surface area contributed by atoms with Crippen molar-refractivity contribution in [1.29, 1.82) is 0 Å². The van der Waals surface area contributed by atoms with Crippen molar-refractivity contribution in [1.82, 2.24) is 15.1 Å². The maximum atomic E-state index is 13.1. The largest absolute Gasteiger partial charge is 0.480 e. The SMILES string of the molecule is CCCN(C(=O)OCc1ccc(Cl)cc1)C1CCN(C[C@H]2CC(NC(CC(C)C)C(=O)O)C[C@@H]2c2ccccc2)CC1. The van der Waals surface area contributed by atoms with Crippen molar-refractivity contribution in [3.8, 4) is 0 Å². The third-order valence-electron chi connectivity index (χ3n) is 8.83. The molecule has 1 amide bonds. The van der Waals surface area contributed by atoms with Gasteiger partial charge in [0.2, 0.25) is 0 Å². The highest BCUT2D eigenvalue weighted by molar-refractivity contribution is 6.30. The predicted octanol–water partition coefficient (Wildman–Crippen LogP) is 6.80. The fourth-order valence-corrected chi connectivity index (χ4v) is 6.91. The van der Waals surface area contributed by atoms with E-state index >= 15 is 0 Å². The van der Waals surface area contributed by atoms with Gasteiger partial charge in [0.15, 0.2) is 0 Å². The summed E-state index contributed by atoms with van der Waals surface area (Å²) in [6.07, 6.45) is 5.06. The monoisotopic (exact) mass is 597 g/mol. The second-order valence-electron chi connectivity index (χ2n) is 12.5. The summed E-state index contributed by atoms with van der Waals surface area (Å²) in [7, 11) is 0. The summed E-state index contributed by atoms with van der Waals surface area (Å²) in [5.74, 6) is 0.415. The van der Waals surface area contributed by atoms with Gasteiger partial charge in [-0.15, -0.1) is 0 Å². The molecule has 7 nitrogen and oxygen atoms in total. The first-order valence-corrected chi connectivity index (χ1v) is 16.0. The summed E-state index contributed by atoms with van der Waals surface area (Å²) in [5.41, 5.74) is 2.27. The van der Waals surface area contributed by atoms with E-state index in [4.69, 9.17) is 16.3 Å². The quantitative estimate of drug-likeness (QED) is 0.264. The van der Waals surface area contributed by atoms with Crippen LogP contribution in [0.25, 0.3) is 0 Å². The molecule has 1 saturated carbocycles. The second kappa shape index (κ2) is 15.7. The molecule has 0 radical (unpaired) electrons. The molecule has 0 spiro atoms. The number of hydrogen-bond acceptors (Lipinski definition) is 5. The number of carbonyl (C=O) groups excluding carboxylic acids is 1. The van der Waals surface area contributed by atoms with Gasteiger partial charge in [-0.25, -0.2) is 4.79 Å². The molecule has 2 aliphatic rings. The van der Waals surface area contributed by atoms with Crippen LogP contribution >= 0.6 is 11.6 Å². The number of likely N-dealkylation sites (tertiary alicyclic amines) is 1. The summed E-state index contributed by atoms with van der Waals surface area (Å²) in [6.45, 7) is 10.1. The van der Waals surface area contributed by atoms with Gasteiger partial charge in [0.1, 0.15) is 12.6 Å². The van der Waals surface area contributed by atoms with Gasteiger partial charge in [-0.05, 0) is 79.5 Å². The highest BCUT2D eigenvalue weighted by atomic mass is 35.5. The van der Waals surface area contributed by atoms with Crippen LogP contribution in [0.1, 0.15) is 76.3 Å². The molecule has 8 heteroatoms. The van der Waals surface area contributed by atoms with Gasteiger partial charge in [-0.1, -0.05) is 74.8 Å². The van der Waals surface area contributed by atoms with Gasteiger partial charge in [0.25, 0.3) is 0 Å². The van der Waals surface area contributed by atoms with Crippen molar-refractivity contribution < 1.29 is 19.4 Å². The minimum Gasteiger partial charge on any atom is -0.480 e. The number of nitrogens with one attached hydrogen (secondary N) is 1. The van der Waals surface area contributed by atoms with E-state index in [0.717, 1.165) is 57.3 Å². The van der Waals surface area contributed by atoms with Crippen LogP contribution in [-0.2, 0) is 16.1 Å². The average Bonchev–Trinajstić information content (AvgIpc) is 3.37. The van der Waals surface area contributed by atoms with Gasteiger partial charge in [-0.3, -0.25) is 4.79 Å². The van der Waals surface area contributed by atoms with E-state index in [9.17, 15) is 14.7 Å². The number of aliphatic carboxylic acids is 1. The second-order valence-corrected chi connectivity index (χ2v) is 13.0. The predicted molar refractivity (Wildman–Crippen MR) is 168 cm³/mol. The molecule has 2 aromatic carbocycles. The van der Waals surface area contributed by atoms with E-state index in [1.54, 1.807) is 0 Å². The van der Waals surface area contributed by atoms with Crippen LogP contribution in [0.4, 0.5) is 4.79 Å². The number of halogens is 1. The number of carbonyl (C=O) groups is 2. The topological polar surface area (TPSA) is 82.1 Å². The molecule has 230 valence electrons. The molecule has 0 aromatic heterocycles. The Balaban J connectivity index is 1.34. The van der Waals surface area contributed by atoms with Crippen molar-refractivity contribution >= 4 is 23.7 Å². The minimum absolute atomic E-state index is 0.175. The lowest BCUT2D eigenvalue weighted by molar-refractivity contribution is -0.140. The van der Waals surface area contributed by atoms with E-state index < -0.39 is 12.0 Å². The average molecular weight is 598 g/mol. The molecule has 2 N–H and O–H groups in total. The van der Waals surface area contributed by atoms with Crippen LogP contribution in [0.5, 0.6) is 0 Å². The molecular formula is C34H48ClN3O4. The Bertz CT molecular complexity index is 1120. The Morgan fingerprint density at radius 2 is 1.76 bits per heavy atom. The van der Waals surface area contributed by atoms with Crippen molar-refractivity contribution in [3.63, 3.8) is 0 Å². The van der Waals surface area contributed by atoms with Crippen molar-refractivity contribution in [3.05, 3.63) is 70.7 Å². The first-order chi connectivity index (χ1) is 20.2. The van der Waals surface area contributed by atoms with Gasteiger partial charge < -0.3 is 25.0 Å². The highest BCUT2D eigenvalue weighted by Gasteiger charge is 2.39. The molecule has 2 unspecified atom stereocenters. The molecule has 2 fully saturated rings. The van der Waals surface area contributed by atoms with Gasteiger partial charge >= 0.3 is 12.1 Å². The number of hydrogen-bond donors (Lipinski definition) is 2. The number of carboxylic acid groups (broad SMARTS) is 1. The number of carboxylic acids is 1. The molecule has 4 atom stereocenters. The summed E-state index contributed by atoms with van der Waals surface area (Å²) in [4.78, 5) is 29.5. The maximum Gasteiger partial charge on any atom is 0.410 e. The zero-order chi connectivity index (χ0) is 30.1. The molecule has 1 saturated heterocycles. The molecule has 0 bridgehead atoms. The fraction of sp³-hybridized carbons (Fsp3) is 0.588. The Labute approximate surface area is 256 Å². The minimum atomic E-state index is -0.756. The van der Waals surface area contributed by atoms with Crippen LogP contribution in [0.2, 0.25) is 5.02 Å². The number of ether oxygens (including phenoxy) is 1. The van der Waals surface area contributed by atoms with Crippen LogP contribution < -0.4 is 5.32 Å². The van der Waals surface area contributed by atoms with Gasteiger partial charge in [0, 0.05) is 43.3 Å². The summed E-state index contributed by atoms with van der Waals surface area (Å²) >= 11 is 5.98. The number of rotatable bonds is 13. The fourth-order valence-electron chi connectivity index (χ4n) is 6.79. The van der Waals surface area contributed by atoms with Crippen molar-refractivity contribution in [2.45, 2.75) is 89.9 Å². The third kappa shape index (κ3) is 9.19. The molecule has 2 aromatic rings. The smallest absolute Gasteiger partial charge is 0.410 e. The van der Waals surface area contributed by atoms with Crippen molar-refractivity contribution in [2.75, 3.05) is 26.2 Å². The van der Waals surface area contributed by atoms with Crippen LogP contribution in [0.3, 0.4) is 0 Å². The molecule has 1 aliphatic heterocycles. The van der Waals surface area contributed by atoms with Crippen molar-refractivity contribution in [2.24, 2.45) is 11.8 Å². The molecule has 1 aliphatic carbocycles. The van der Waals surface area contributed by atoms with Crippen LogP contribution in [-0.4, -0.2) is 71.3 Å². The van der Waals surface area contributed by atoms with Crippen LogP contribution in [0.15, 0.2) is 54.6 Å². The zero-order valence-corrected chi connectivity index (χ0v) is 26.1. The Morgan fingerprint density at radius 3 is 2.38 bits per heavy atom. The summed E-state index contributed by atoms with van der Waals surface area (Å²) in [5, 5.41) is 14.0. The Morgan fingerprint density at radius 1 is 1.07 bits per heavy atom. The normalized spacial score (nSPS) is 22.3.